The predicted octanol–water partition coefficient (Wildman–Crippen LogP) is 3.58. The van der Waals surface area contributed by atoms with Crippen molar-refractivity contribution in [3.8, 4) is 5.75 Å². The Bertz CT molecular complexity index is 773. The molecular weight excluding hydrogens is 364 g/mol. The van der Waals surface area contributed by atoms with Crippen molar-refractivity contribution in [2.45, 2.75) is 51.1 Å². The average molecular weight is 395 g/mol. The third-order valence-electron chi connectivity index (χ3n) is 5.46. The topological polar surface area (TPSA) is 58.6 Å². The summed E-state index contributed by atoms with van der Waals surface area (Å²) in [6, 6.07) is 19.0. The summed E-state index contributed by atoms with van der Waals surface area (Å²) in [6.45, 7) is 2.19. The van der Waals surface area contributed by atoms with Crippen LogP contribution in [0, 0.1) is 0 Å². The lowest BCUT2D eigenvalue weighted by Gasteiger charge is -2.29. The molecule has 5 nitrogen and oxygen atoms in total. The fraction of sp³-hybridized carbons (Fsp3) is 0.417. The number of ether oxygens (including phenoxy) is 1. The van der Waals surface area contributed by atoms with Gasteiger partial charge in [0.15, 0.2) is 6.61 Å². The quantitative estimate of drug-likeness (QED) is 0.707. The number of benzene rings is 2. The highest BCUT2D eigenvalue weighted by Gasteiger charge is 2.28. The molecule has 1 atom stereocenters. The van der Waals surface area contributed by atoms with Gasteiger partial charge in [0, 0.05) is 12.6 Å². The van der Waals surface area contributed by atoms with Gasteiger partial charge in [0.2, 0.25) is 5.91 Å². The Kier molecular flexibility index (Phi) is 7.68. The first-order chi connectivity index (χ1) is 14.1. The van der Waals surface area contributed by atoms with Crippen LogP contribution in [0.15, 0.2) is 60.7 Å². The Hall–Kier alpha value is -2.82. The van der Waals surface area contributed by atoms with Crippen LogP contribution in [0.1, 0.15) is 38.2 Å². The van der Waals surface area contributed by atoms with E-state index < -0.39 is 6.04 Å². The minimum absolute atomic E-state index is 0.0835. The highest BCUT2D eigenvalue weighted by atomic mass is 16.5. The molecule has 0 heterocycles. The highest BCUT2D eigenvalue weighted by Crippen LogP contribution is 2.18. The van der Waals surface area contributed by atoms with E-state index in [-0.39, 0.29) is 24.5 Å². The fourth-order valence-corrected chi connectivity index (χ4v) is 3.71. The normalized spacial score (nSPS) is 14.9. The number of rotatable bonds is 9. The molecule has 5 heteroatoms. The molecule has 2 amide bonds. The summed E-state index contributed by atoms with van der Waals surface area (Å²) in [4.78, 5) is 27.4. The molecule has 0 unspecified atom stereocenters. The summed E-state index contributed by atoms with van der Waals surface area (Å²) < 4.78 is 5.64. The van der Waals surface area contributed by atoms with Crippen molar-refractivity contribution in [1.29, 1.82) is 0 Å². The van der Waals surface area contributed by atoms with E-state index in [1.165, 1.54) is 0 Å². The lowest BCUT2D eigenvalue weighted by atomic mass is 10.1. The Morgan fingerprint density at radius 3 is 2.31 bits per heavy atom. The molecule has 0 aliphatic heterocycles. The Balaban J connectivity index is 1.63. The van der Waals surface area contributed by atoms with Gasteiger partial charge in [0.1, 0.15) is 11.8 Å². The second-order valence-electron chi connectivity index (χ2n) is 7.59. The van der Waals surface area contributed by atoms with Crippen LogP contribution in [0.4, 0.5) is 0 Å². The van der Waals surface area contributed by atoms with Crippen LogP contribution in [-0.4, -0.2) is 41.9 Å². The smallest absolute Gasteiger partial charge is 0.261 e. The number of amides is 2. The molecule has 1 saturated carbocycles. The van der Waals surface area contributed by atoms with Crippen LogP contribution in [0.5, 0.6) is 5.75 Å². The first-order valence-corrected chi connectivity index (χ1v) is 10.4. The molecule has 1 aliphatic carbocycles. The summed E-state index contributed by atoms with van der Waals surface area (Å²) >= 11 is 0. The molecule has 0 saturated heterocycles. The van der Waals surface area contributed by atoms with Gasteiger partial charge in [-0.05, 0) is 43.9 Å². The van der Waals surface area contributed by atoms with E-state index in [1.807, 2.05) is 60.7 Å². The largest absolute Gasteiger partial charge is 0.484 e. The molecule has 0 bridgehead atoms. The van der Waals surface area contributed by atoms with Crippen LogP contribution in [-0.2, 0) is 16.0 Å². The maximum Gasteiger partial charge on any atom is 0.261 e. The van der Waals surface area contributed by atoms with Gasteiger partial charge in [0.05, 0.1) is 0 Å². The number of carbonyl (C=O) groups excluding carboxylic acids is 2. The first-order valence-electron chi connectivity index (χ1n) is 10.4. The van der Waals surface area contributed by atoms with E-state index in [1.54, 1.807) is 11.8 Å². The minimum atomic E-state index is -0.536. The van der Waals surface area contributed by atoms with Crippen molar-refractivity contribution in [2.75, 3.05) is 13.2 Å². The molecule has 0 aromatic heterocycles. The lowest BCUT2D eigenvalue weighted by molar-refractivity contribution is -0.141. The second kappa shape index (κ2) is 10.6. The molecule has 2 aromatic carbocycles. The molecule has 3 rings (SSSR count). The van der Waals surface area contributed by atoms with Crippen LogP contribution in [0.25, 0.3) is 0 Å². The van der Waals surface area contributed by atoms with Gasteiger partial charge in [-0.25, -0.2) is 0 Å². The maximum atomic E-state index is 12.9. The molecule has 2 aromatic rings. The van der Waals surface area contributed by atoms with E-state index in [9.17, 15) is 9.59 Å². The number of carbonyl (C=O) groups is 2. The lowest BCUT2D eigenvalue weighted by Crippen LogP contribution is -2.51. The molecular formula is C24H30N2O3. The van der Waals surface area contributed by atoms with Gasteiger partial charge in [-0.2, -0.15) is 0 Å². The van der Waals surface area contributed by atoms with Crippen LogP contribution < -0.4 is 10.1 Å². The zero-order valence-electron chi connectivity index (χ0n) is 17.0. The van der Waals surface area contributed by atoms with E-state index in [2.05, 4.69) is 5.32 Å². The number of hydrogen-bond donors (Lipinski definition) is 1. The summed E-state index contributed by atoms with van der Waals surface area (Å²) in [5.74, 6) is 0.379. The predicted molar refractivity (Wildman–Crippen MR) is 114 cm³/mol. The Morgan fingerprint density at radius 2 is 1.66 bits per heavy atom. The van der Waals surface area contributed by atoms with Crippen molar-refractivity contribution in [1.82, 2.24) is 10.2 Å². The molecule has 1 aliphatic rings. The molecule has 0 radical (unpaired) electrons. The van der Waals surface area contributed by atoms with Gasteiger partial charge >= 0.3 is 0 Å². The fourth-order valence-electron chi connectivity index (χ4n) is 3.71. The number of para-hydroxylation sites is 1. The standard InChI is InChI=1S/C24H30N2O3/c1-19(24(28)25-21-12-8-9-13-21)26(17-16-20-10-4-2-5-11-20)23(27)18-29-22-14-6-3-7-15-22/h2-7,10-11,14-15,19,21H,8-9,12-13,16-18H2,1H3,(H,25,28)/t19-/m0/s1. The number of nitrogens with one attached hydrogen (secondary N) is 1. The van der Waals surface area contributed by atoms with Gasteiger partial charge in [-0.3, -0.25) is 9.59 Å². The highest BCUT2D eigenvalue weighted by molar-refractivity contribution is 5.88. The summed E-state index contributed by atoms with van der Waals surface area (Å²) in [6.07, 6.45) is 5.04. The van der Waals surface area contributed by atoms with E-state index in [0.29, 0.717) is 18.7 Å². The first kappa shape index (κ1) is 20.9. The van der Waals surface area contributed by atoms with Crippen LogP contribution in [0.2, 0.25) is 0 Å². The summed E-state index contributed by atoms with van der Waals surface area (Å²) in [5.41, 5.74) is 1.14. The number of hydrogen-bond acceptors (Lipinski definition) is 3. The summed E-state index contributed by atoms with van der Waals surface area (Å²) in [7, 11) is 0. The zero-order valence-corrected chi connectivity index (χ0v) is 17.0. The van der Waals surface area contributed by atoms with Gasteiger partial charge < -0.3 is 15.0 Å². The monoisotopic (exact) mass is 394 g/mol. The van der Waals surface area contributed by atoms with Crippen molar-refractivity contribution in [3.05, 3.63) is 66.2 Å². The van der Waals surface area contributed by atoms with Crippen LogP contribution >= 0.6 is 0 Å². The molecule has 0 spiro atoms. The Labute approximate surface area is 173 Å². The molecule has 1 N–H and O–H groups in total. The SMILES string of the molecule is C[C@@H](C(=O)NC1CCCC1)N(CCc1ccccc1)C(=O)COc1ccccc1. The van der Waals surface area contributed by atoms with E-state index in [0.717, 1.165) is 31.2 Å². The van der Waals surface area contributed by atoms with Gasteiger partial charge in [-0.15, -0.1) is 0 Å². The van der Waals surface area contributed by atoms with Crippen LogP contribution in [0.3, 0.4) is 0 Å². The van der Waals surface area contributed by atoms with Crippen molar-refractivity contribution in [3.63, 3.8) is 0 Å². The third kappa shape index (κ3) is 6.34. The molecule has 1 fully saturated rings. The average Bonchev–Trinajstić information content (AvgIpc) is 3.26. The molecule has 154 valence electrons. The summed E-state index contributed by atoms with van der Waals surface area (Å²) in [5, 5.41) is 3.11. The Morgan fingerprint density at radius 1 is 1.03 bits per heavy atom. The van der Waals surface area contributed by atoms with Crippen molar-refractivity contribution >= 4 is 11.8 Å². The van der Waals surface area contributed by atoms with E-state index >= 15 is 0 Å². The minimum Gasteiger partial charge on any atom is -0.484 e. The van der Waals surface area contributed by atoms with Gasteiger partial charge in [0.25, 0.3) is 5.91 Å². The van der Waals surface area contributed by atoms with E-state index in [4.69, 9.17) is 4.74 Å². The molecule has 29 heavy (non-hydrogen) atoms. The van der Waals surface area contributed by atoms with Crippen molar-refractivity contribution in [2.24, 2.45) is 0 Å². The second-order valence-corrected chi connectivity index (χ2v) is 7.59. The van der Waals surface area contributed by atoms with Crippen molar-refractivity contribution < 1.29 is 14.3 Å². The maximum absolute atomic E-state index is 12.9. The third-order valence-corrected chi connectivity index (χ3v) is 5.46. The zero-order chi connectivity index (χ0) is 20.5. The number of nitrogens with zero attached hydrogens (tertiary/aromatic N) is 1. The van der Waals surface area contributed by atoms with Gasteiger partial charge in [-0.1, -0.05) is 61.4 Å².